The highest BCUT2D eigenvalue weighted by Crippen LogP contribution is 2.22. The molecular formula is C16H22N6O. The van der Waals surface area contributed by atoms with Crippen LogP contribution in [0.25, 0.3) is 0 Å². The van der Waals surface area contributed by atoms with Crippen molar-refractivity contribution in [1.29, 1.82) is 0 Å². The van der Waals surface area contributed by atoms with Crippen LogP contribution in [0.3, 0.4) is 0 Å². The van der Waals surface area contributed by atoms with Gasteiger partial charge in [0.15, 0.2) is 0 Å². The number of fused-ring (bicyclic) bond motifs is 1. The molecule has 7 heteroatoms. The van der Waals surface area contributed by atoms with Crippen molar-refractivity contribution >= 4 is 5.91 Å². The van der Waals surface area contributed by atoms with Gasteiger partial charge < -0.3 is 4.90 Å². The Morgan fingerprint density at radius 1 is 1.30 bits per heavy atom. The van der Waals surface area contributed by atoms with Gasteiger partial charge in [0.1, 0.15) is 5.82 Å². The summed E-state index contributed by atoms with van der Waals surface area (Å²) in [6.07, 6.45) is 0.399. The summed E-state index contributed by atoms with van der Waals surface area (Å²) in [6, 6.07) is 6.51. The summed E-state index contributed by atoms with van der Waals surface area (Å²) < 4.78 is 1.65. The van der Waals surface area contributed by atoms with Crippen LogP contribution >= 0.6 is 0 Å². The SMILES string of the molecule is Cc1nnnn1CCC(=O)N(C)Cc1ccc2c(c1)CN(C)C2. The van der Waals surface area contributed by atoms with E-state index in [1.54, 1.807) is 9.58 Å². The molecule has 0 N–H and O–H groups in total. The lowest BCUT2D eigenvalue weighted by Gasteiger charge is -2.18. The molecule has 0 aliphatic carbocycles. The largest absolute Gasteiger partial charge is 0.341 e. The lowest BCUT2D eigenvalue weighted by atomic mass is 10.1. The molecule has 23 heavy (non-hydrogen) atoms. The van der Waals surface area contributed by atoms with E-state index in [1.165, 1.54) is 16.7 Å². The molecule has 0 spiro atoms. The van der Waals surface area contributed by atoms with Crippen LogP contribution < -0.4 is 0 Å². The summed E-state index contributed by atoms with van der Waals surface area (Å²) in [7, 11) is 3.96. The zero-order valence-electron chi connectivity index (χ0n) is 13.9. The van der Waals surface area contributed by atoms with Crippen LogP contribution in [0.4, 0.5) is 0 Å². The van der Waals surface area contributed by atoms with Crippen LogP contribution in [0, 0.1) is 6.92 Å². The maximum Gasteiger partial charge on any atom is 0.224 e. The molecule has 1 amide bonds. The number of carbonyl (C=O) groups is 1. The van der Waals surface area contributed by atoms with E-state index in [0.717, 1.165) is 18.9 Å². The highest BCUT2D eigenvalue weighted by molar-refractivity contribution is 5.75. The molecule has 2 heterocycles. The first-order valence-electron chi connectivity index (χ1n) is 7.79. The summed E-state index contributed by atoms with van der Waals surface area (Å²) in [5.41, 5.74) is 3.93. The van der Waals surface area contributed by atoms with E-state index in [2.05, 4.69) is 45.7 Å². The Hall–Kier alpha value is -2.28. The molecule has 0 saturated carbocycles. The Bertz CT molecular complexity index is 710. The molecule has 122 valence electrons. The van der Waals surface area contributed by atoms with Crippen molar-refractivity contribution in [2.24, 2.45) is 0 Å². The van der Waals surface area contributed by atoms with Gasteiger partial charge in [0, 0.05) is 33.1 Å². The van der Waals surface area contributed by atoms with Crippen molar-refractivity contribution in [3.63, 3.8) is 0 Å². The minimum Gasteiger partial charge on any atom is -0.341 e. The second kappa shape index (κ2) is 6.45. The molecule has 3 rings (SSSR count). The Labute approximate surface area is 135 Å². The van der Waals surface area contributed by atoms with E-state index < -0.39 is 0 Å². The first-order chi connectivity index (χ1) is 11.0. The van der Waals surface area contributed by atoms with Gasteiger partial charge in [-0.2, -0.15) is 0 Å². The molecule has 1 aliphatic heterocycles. The number of amides is 1. The van der Waals surface area contributed by atoms with Gasteiger partial charge in [-0.3, -0.25) is 9.69 Å². The molecule has 2 aromatic rings. The molecule has 0 bridgehead atoms. The molecule has 1 aromatic heterocycles. The molecule has 7 nitrogen and oxygen atoms in total. The zero-order valence-corrected chi connectivity index (χ0v) is 13.9. The third-order valence-corrected chi connectivity index (χ3v) is 4.25. The molecule has 0 fully saturated rings. The molecule has 0 unspecified atom stereocenters. The predicted octanol–water partition coefficient (Wildman–Crippen LogP) is 0.976. The van der Waals surface area contributed by atoms with Crippen LogP contribution in [-0.2, 0) is 31.0 Å². The number of tetrazole rings is 1. The van der Waals surface area contributed by atoms with Crippen LogP contribution in [-0.4, -0.2) is 50.0 Å². The summed E-state index contributed by atoms with van der Waals surface area (Å²) in [5.74, 6) is 0.820. The summed E-state index contributed by atoms with van der Waals surface area (Å²) in [5, 5.41) is 11.3. The molecule has 1 aromatic carbocycles. The Kier molecular flexibility index (Phi) is 4.38. The highest BCUT2D eigenvalue weighted by Gasteiger charge is 2.17. The van der Waals surface area contributed by atoms with Gasteiger partial charge >= 0.3 is 0 Å². The van der Waals surface area contributed by atoms with Gasteiger partial charge in [0.05, 0.1) is 6.54 Å². The second-order valence-corrected chi connectivity index (χ2v) is 6.22. The highest BCUT2D eigenvalue weighted by atomic mass is 16.2. The third kappa shape index (κ3) is 3.56. The zero-order chi connectivity index (χ0) is 16.4. The van der Waals surface area contributed by atoms with Crippen molar-refractivity contribution in [3.8, 4) is 0 Å². The fraction of sp³-hybridized carbons (Fsp3) is 0.500. The summed E-state index contributed by atoms with van der Waals surface area (Å²) in [4.78, 5) is 16.3. The molecule has 0 radical (unpaired) electrons. The van der Waals surface area contributed by atoms with Gasteiger partial charge in [0.2, 0.25) is 5.91 Å². The van der Waals surface area contributed by atoms with Crippen molar-refractivity contribution < 1.29 is 4.79 Å². The molecule has 0 atom stereocenters. The quantitative estimate of drug-likeness (QED) is 0.823. The summed E-state index contributed by atoms with van der Waals surface area (Å²) in [6.45, 7) is 4.96. The van der Waals surface area contributed by atoms with E-state index >= 15 is 0 Å². The first-order valence-corrected chi connectivity index (χ1v) is 7.79. The monoisotopic (exact) mass is 314 g/mol. The topological polar surface area (TPSA) is 67.2 Å². The Morgan fingerprint density at radius 2 is 2.09 bits per heavy atom. The molecular weight excluding hydrogens is 292 g/mol. The van der Waals surface area contributed by atoms with Crippen LogP contribution in [0.2, 0.25) is 0 Å². The van der Waals surface area contributed by atoms with Crippen molar-refractivity contribution in [3.05, 3.63) is 40.7 Å². The standard InChI is InChI=1S/C16H22N6O/c1-12-17-18-19-22(12)7-6-16(23)21(3)9-13-4-5-14-10-20(2)11-15(14)8-13/h4-5,8H,6-7,9-11H2,1-3H3. The number of carbonyl (C=O) groups excluding carboxylic acids is 1. The van der Waals surface area contributed by atoms with Crippen LogP contribution in [0.15, 0.2) is 18.2 Å². The smallest absolute Gasteiger partial charge is 0.224 e. The number of benzene rings is 1. The minimum atomic E-state index is 0.0949. The van der Waals surface area contributed by atoms with Crippen LogP contribution in [0.1, 0.15) is 28.9 Å². The number of aryl methyl sites for hydroxylation is 2. The van der Waals surface area contributed by atoms with Gasteiger partial charge in [-0.1, -0.05) is 18.2 Å². The number of nitrogens with zero attached hydrogens (tertiary/aromatic N) is 6. The van der Waals surface area contributed by atoms with Crippen molar-refractivity contribution in [2.45, 2.75) is 39.5 Å². The van der Waals surface area contributed by atoms with E-state index in [-0.39, 0.29) is 5.91 Å². The summed E-state index contributed by atoms with van der Waals surface area (Å²) >= 11 is 0. The second-order valence-electron chi connectivity index (χ2n) is 6.22. The average Bonchev–Trinajstić information content (AvgIpc) is 3.08. The maximum absolute atomic E-state index is 12.3. The first kappa shape index (κ1) is 15.6. The number of hydrogen-bond donors (Lipinski definition) is 0. The molecule has 1 aliphatic rings. The fourth-order valence-corrected chi connectivity index (χ4v) is 2.93. The van der Waals surface area contributed by atoms with E-state index in [9.17, 15) is 4.79 Å². The molecule has 0 saturated heterocycles. The van der Waals surface area contributed by atoms with Gasteiger partial charge in [-0.05, 0) is 41.1 Å². The lowest BCUT2D eigenvalue weighted by Crippen LogP contribution is -2.27. The lowest BCUT2D eigenvalue weighted by molar-refractivity contribution is -0.130. The third-order valence-electron chi connectivity index (χ3n) is 4.25. The van der Waals surface area contributed by atoms with Crippen molar-refractivity contribution in [1.82, 2.24) is 30.0 Å². The van der Waals surface area contributed by atoms with E-state index in [0.29, 0.717) is 19.5 Å². The normalized spacial score (nSPS) is 14.0. The maximum atomic E-state index is 12.3. The van der Waals surface area contributed by atoms with Crippen molar-refractivity contribution in [2.75, 3.05) is 14.1 Å². The minimum absolute atomic E-state index is 0.0949. The Balaban J connectivity index is 1.56. The van der Waals surface area contributed by atoms with Gasteiger partial charge in [0.25, 0.3) is 0 Å². The van der Waals surface area contributed by atoms with E-state index in [4.69, 9.17) is 0 Å². The number of hydrogen-bond acceptors (Lipinski definition) is 5. The van der Waals surface area contributed by atoms with E-state index in [1.807, 2.05) is 14.0 Å². The fourth-order valence-electron chi connectivity index (χ4n) is 2.93. The number of aromatic nitrogens is 4. The predicted molar refractivity (Wildman–Crippen MR) is 85.3 cm³/mol. The Morgan fingerprint density at radius 3 is 2.83 bits per heavy atom. The van der Waals surface area contributed by atoms with Gasteiger partial charge in [-0.15, -0.1) is 5.10 Å². The van der Waals surface area contributed by atoms with Gasteiger partial charge in [-0.25, -0.2) is 4.68 Å². The van der Waals surface area contributed by atoms with Crippen LogP contribution in [0.5, 0.6) is 0 Å². The average molecular weight is 314 g/mol. The number of rotatable bonds is 5.